The van der Waals surface area contributed by atoms with E-state index >= 15 is 0 Å². The molecule has 0 unspecified atom stereocenters. The average Bonchev–Trinajstić information content (AvgIpc) is 3.35. The van der Waals surface area contributed by atoms with E-state index in [-0.39, 0.29) is 5.41 Å². The van der Waals surface area contributed by atoms with Gasteiger partial charge in [-0.25, -0.2) is 9.97 Å². The number of hydrogen-bond acceptors (Lipinski definition) is 5. The van der Waals surface area contributed by atoms with Gasteiger partial charge in [-0.1, -0.05) is 26.8 Å². The van der Waals surface area contributed by atoms with Crippen LogP contribution in [0.5, 0.6) is 5.88 Å². The zero-order chi connectivity index (χ0) is 19.3. The van der Waals surface area contributed by atoms with Gasteiger partial charge in [-0.2, -0.15) is 0 Å². The third kappa shape index (κ3) is 5.98. The number of hydrogen-bond donors (Lipinski definition) is 2. The second-order valence-corrected chi connectivity index (χ2v) is 7.91. The topological polar surface area (TPSA) is 84.6 Å². The van der Waals surface area contributed by atoms with Crippen molar-refractivity contribution in [2.24, 2.45) is 10.9 Å². The Bertz CT molecular complexity index is 757. The summed E-state index contributed by atoms with van der Waals surface area (Å²) < 4.78 is 11.4. The normalized spacial score (nSPS) is 14.9. The molecular formula is C20H29N5O2. The number of aliphatic imine (C=N–C) groups is 1. The molecule has 1 aliphatic rings. The maximum atomic E-state index is 5.78. The van der Waals surface area contributed by atoms with Gasteiger partial charge in [0.2, 0.25) is 11.8 Å². The van der Waals surface area contributed by atoms with Crippen LogP contribution < -0.4 is 15.4 Å². The lowest BCUT2D eigenvalue weighted by Crippen LogP contribution is -2.36. The number of rotatable bonds is 7. The molecule has 0 saturated heterocycles. The minimum atomic E-state index is -0.0489. The molecule has 0 spiro atoms. The zero-order valence-electron chi connectivity index (χ0n) is 16.6. The van der Waals surface area contributed by atoms with Crippen LogP contribution in [0.4, 0.5) is 0 Å². The SMILES string of the molecule is CN=C(NCc1ccc(OCC2CC2)nc1)NCc1ncc(C(C)(C)C)o1. The first-order valence-electron chi connectivity index (χ1n) is 9.41. The third-order valence-corrected chi connectivity index (χ3v) is 4.34. The molecule has 0 aliphatic heterocycles. The fourth-order valence-electron chi connectivity index (χ4n) is 2.39. The second kappa shape index (κ2) is 8.41. The molecule has 0 aromatic carbocycles. The van der Waals surface area contributed by atoms with Crippen molar-refractivity contribution in [1.82, 2.24) is 20.6 Å². The summed E-state index contributed by atoms with van der Waals surface area (Å²) in [6.07, 6.45) is 6.16. The van der Waals surface area contributed by atoms with Crippen LogP contribution in [0.2, 0.25) is 0 Å². The highest BCUT2D eigenvalue weighted by Crippen LogP contribution is 2.29. The van der Waals surface area contributed by atoms with Crippen LogP contribution in [-0.2, 0) is 18.5 Å². The highest BCUT2D eigenvalue weighted by atomic mass is 16.5. The van der Waals surface area contributed by atoms with Gasteiger partial charge in [-0.3, -0.25) is 4.99 Å². The first-order chi connectivity index (χ1) is 12.9. The Labute approximate surface area is 160 Å². The van der Waals surface area contributed by atoms with E-state index in [4.69, 9.17) is 9.15 Å². The number of pyridine rings is 1. The molecule has 1 aliphatic carbocycles. The molecule has 2 N–H and O–H groups in total. The quantitative estimate of drug-likeness (QED) is 0.575. The Balaban J connectivity index is 1.43. The van der Waals surface area contributed by atoms with Crippen molar-refractivity contribution < 1.29 is 9.15 Å². The standard InChI is InChI=1S/C20H29N5O2/c1-20(2,3)16-11-23-18(27-16)12-25-19(21-4)24-10-15-7-8-17(22-9-15)26-13-14-5-6-14/h7-9,11,14H,5-6,10,12-13H2,1-4H3,(H2,21,24,25). The van der Waals surface area contributed by atoms with E-state index in [9.17, 15) is 0 Å². The molecule has 3 rings (SSSR count). The summed E-state index contributed by atoms with van der Waals surface area (Å²) in [5.41, 5.74) is 1.01. The summed E-state index contributed by atoms with van der Waals surface area (Å²) in [7, 11) is 1.73. The van der Waals surface area contributed by atoms with Gasteiger partial charge in [-0.05, 0) is 24.3 Å². The Morgan fingerprint density at radius 3 is 2.56 bits per heavy atom. The van der Waals surface area contributed by atoms with E-state index in [1.54, 1.807) is 13.2 Å². The fraction of sp³-hybridized carbons (Fsp3) is 0.550. The molecule has 0 amide bonds. The third-order valence-electron chi connectivity index (χ3n) is 4.34. The van der Waals surface area contributed by atoms with Crippen LogP contribution in [0.1, 0.15) is 50.8 Å². The van der Waals surface area contributed by atoms with E-state index in [1.165, 1.54) is 12.8 Å². The van der Waals surface area contributed by atoms with E-state index < -0.39 is 0 Å². The van der Waals surface area contributed by atoms with Crippen LogP contribution in [0, 0.1) is 5.92 Å². The highest BCUT2D eigenvalue weighted by molar-refractivity contribution is 5.79. The van der Waals surface area contributed by atoms with Gasteiger partial charge in [0.25, 0.3) is 0 Å². The minimum Gasteiger partial charge on any atom is -0.477 e. The van der Waals surface area contributed by atoms with Crippen molar-refractivity contribution in [2.75, 3.05) is 13.7 Å². The van der Waals surface area contributed by atoms with Crippen LogP contribution in [0.15, 0.2) is 33.9 Å². The summed E-state index contributed by atoms with van der Waals surface area (Å²) >= 11 is 0. The van der Waals surface area contributed by atoms with Crippen molar-refractivity contribution in [3.63, 3.8) is 0 Å². The molecule has 0 atom stereocenters. The maximum Gasteiger partial charge on any atom is 0.213 e. The Kier molecular flexibility index (Phi) is 5.98. The van der Waals surface area contributed by atoms with Gasteiger partial charge >= 0.3 is 0 Å². The lowest BCUT2D eigenvalue weighted by Gasteiger charge is -2.13. The van der Waals surface area contributed by atoms with Crippen molar-refractivity contribution in [2.45, 2.75) is 52.1 Å². The number of nitrogens with one attached hydrogen (secondary N) is 2. The number of aromatic nitrogens is 2. The minimum absolute atomic E-state index is 0.0489. The molecule has 0 bridgehead atoms. The Morgan fingerprint density at radius 2 is 1.96 bits per heavy atom. The molecule has 7 nitrogen and oxygen atoms in total. The summed E-state index contributed by atoms with van der Waals surface area (Å²) in [4.78, 5) is 12.9. The van der Waals surface area contributed by atoms with Gasteiger partial charge in [0.1, 0.15) is 5.76 Å². The smallest absolute Gasteiger partial charge is 0.213 e. The van der Waals surface area contributed by atoms with E-state index in [2.05, 4.69) is 46.4 Å². The summed E-state index contributed by atoms with van der Waals surface area (Å²) in [5.74, 6) is 3.61. The molecule has 0 radical (unpaired) electrons. The summed E-state index contributed by atoms with van der Waals surface area (Å²) in [5, 5.41) is 6.47. The van der Waals surface area contributed by atoms with Crippen molar-refractivity contribution in [1.29, 1.82) is 0 Å². The van der Waals surface area contributed by atoms with Crippen LogP contribution in [0.25, 0.3) is 0 Å². The lowest BCUT2D eigenvalue weighted by atomic mass is 9.94. The highest BCUT2D eigenvalue weighted by Gasteiger charge is 2.22. The summed E-state index contributed by atoms with van der Waals surface area (Å²) in [6.45, 7) is 8.17. The molecule has 2 aromatic rings. The van der Waals surface area contributed by atoms with Crippen LogP contribution in [0.3, 0.4) is 0 Å². The molecule has 1 saturated carbocycles. The molecule has 146 valence electrons. The van der Waals surface area contributed by atoms with Gasteiger partial charge < -0.3 is 19.8 Å². The van der Waals surface area contributed by atoms with Crippen molar-refractivity contribution in [3.05, 3.63) is 41.7 Å². The predicted octanol–water partition coefficient (Wildman–Crippen LogP) is 3.02. The summed E-state index contributed by atoms with van der Waals surface area (Å²) in [6, 6.07) is 3.93. The van der Waals surface area contributed by atoms with Gasteiger partial charge in [0.15, 0.2) is 5.96 Å². The molecular weight excluding hydrogens is 342 g/mol. The Hall–Kier alpha value is -2.57. The van der Waals surface area contributed by atoms with Crippen molar-refractivity contribution >= 4 is 5.96 Å². The van der Waals surface area contributed by atoms with Crippen LogP contribution in [-0.4, -0.2) is 29.6 Å². The molecule has 2 aromatic heterocycles. The second-order valence-electron chi connectivity index (χ2n) is 7.91. The largest absolute Gasteiger partial charge is 0.477 e. The first-order valence-corrected chi connectivity index (χ1v) is 9.41. The van der Waals surface area contributed by atoms with Gasteiger partial charge in [-0.15, -0.1) is 0 Å². The predicted molar refractivity (Wildman–Crippen MR) is 105 cm³/mol. The fourth-order valence-corrected chi connectivity index (χ4v) is 2.39. The average molecular weight is 371 g/mol. The molecule has 2 heterocycles. The molecule has 7 heteroatoms. The van der Waals surface area contributed by atoms with E-state index in [0.717, 1.165) is 23.8 Å². The molecule has 1 fully saturated rings. The zero-order valence-corrected chi connectivity index (χ0v) is 16.6. The monoisotopic (exact) mass is 371 g/mol. The number of ether oxygens (including phenoxy) is 1. The maximum absolute atomic E-state index is 5.78. The van der Waals surface area contributed by atoms with Crippen molar-refractivity contribution in [3.8, 4) is 5.88 Å². The van der Waals surface area contributed by atoms with E-state index in [1.807, 2.05) is 18.3 Å². The van der Waals surface area contributed by atoms with E-state index in [0.29, 0.717) is 30.8 Å². The number of nitrogens with zero attached hydrogens (tertiary/aromatic N) is 3. The van der Waals surface area contributed by atoms with Crippen LogP contribution >= 0.6 is 0 Å². The lowest BCUT2D eigenvalue weighted by molar-refractivity contribution is 0.288. The number of oxazole rings is 1. The van der Waals surface area contributed by atoms with Gasteiger partial charge in [0.05, 0.1) is 19.3 Å². The molecule has 27 heavy (non-hydrogen) atoms. The Morgan fingerprint density at radius 1 is 1.19 bits per heavy atom. The number of guanidine groups is 1. The first kappa shape index (κ1) is 19.2. The van der Waals surface area contributed by atoms with Gasteiger partial charge in [0, 0.05) is 31.3 Å².